The third-order valence-electron chi connectivity index (χ3n) is 2.35. The van der Waals surface area contributed by atoms with Gasteiger partial charge in [-0.3, -0.25) is 4.79 Å². The summed E-state index contributed by atoms with van der Waals surface area (Å²) in [6.07, 6.45) is 6.12. The van der Waals surface area contributed by atoms with Crippen molar-refractivity contribution < 1.29 is 4.79 Å². The summed E-state index contributed by atoms with van der Waals surface area (Å²) in [6.45, 7) is 6.13. The molecule has 15 heavy (non-hydrogen) atoms. The Hall–Kier alpha value is -1.25. The van der Waals surface area contributed by atoms with Crippen molar-refractivity contribution in [3.63, 3.8) is 0 Å². The zero-order valence-electron chi connectivity index (χ0n) is 9.66. The minimum Gasteiger partial charge on any atom is -0.291 e. The van der Waals surface area contributed by atoms with Crippen molar-refractivity contribution in [2.45, 2.75) is 40.0 Å². The first-order valence-corrected chi connectivity index (χ1v) is 5.45. The van der Waals surface area contributed by atoms with Crippen LogP contribution in [0.1, 0.15) is 49.3 Å². The van der Waals surface area contributed by atoms with Crippen molar-refractivity contribution in [3.05, 3.63) is 23.8 Å². The second-order valence-corrected chi connectivity index (χ2v) is 4.11. The largest absolute Gasteiger partial charge is 0.291 e. The maximum atomic E-state index is 11.7. The second-order valence-electron chi connectivity index (χ2n) is 4.11. The molecule has 0 aliphatic heterocycles. The van der Waals surface area contributed by atoms with E-state index >= 15 is 0 Å². The molecule has 0 bridgehead atoms. The van der Waals surface area contributed by atoms with Crippen LogP contribution in [0.2, 0.25) is 0 Å². The first kappa shape index (κ1) is 11.8. The van der Waals surface area contributed by atoms with Gasteiger partial charge in [0.2, 0.25) is 0 Å². The van der Waals surface area contributed by atoms with Crippen LogP contribution in [0, 0.1) is 12.8 Å². The average Bonchev–Trinajstić information content (AvgIpc) is 2.18. The fourth-order valence-electron chi connectivity index (χ4n) is 1.54. The van der Waals surface area contributed by atoms with E-state index in [0.29, 0.717) is 18.2 Å². The van der Waals surface area contributed by atoms with Gasteiger partial charge >= 0.3 is 0 Å². The Morgan fingerprint density at radius 1 is 1.40 bits per heavy atom. The summed E-state index contributed by atoms with van der Waals surface area (Å²) in [7, 11) is 0. The lowest BCUT2D eigenvalue weighted by Crippen LogP contribution is -2.09. The lowest BCUT2D eigenvalue weighted by Gasteiger charge is -2.07. The van der Waals surface area contributed by atoms with Crippen molar-refractivity contribution in [1.82, 2.24) is 9.97 Å². The molecule has 0 saturated heterocycles. The van der Waals surface area contributed by atoms with Gasteiger partial charge in [0.05, 0.1) is 0 Å². The van der Waals surface area contributed by atoms with E-state index in [-0.39, 0.29) is 5.78 Å². The van der Waals surface area contributed by atoms with Gasteiger partial charge in [-0.1, -0.05) is 26.7 Å². The standard InChI is InChI=1S/C12H18N2O/c1-4-5-9(2)6-11(15)12-13-7-10(3)8-14-12/h7-9H,4-6H2,1-3H3. The minimum atomic E-state index is 0.0518. The van der Waals surface area contributed by atoms with E-state index in [1.165, 1.54) is 0 Å². The lowest BCUT2D eigenvalue weighted by atomic mass is 9.99. The molecule has 0 N–H and O–H groups in total. The van der Waals surface area contributed by atoms with Crippen LogP contribution in [-0.4, -0.2) is 15.8 Å². The normalized spacial score (nSPS) is 12.5. The van der Waals surface area contributed by atoms with E-state index in [2.05, 4.69) is 23.8 Å². The van der Waals surface area contributed by atoms with Crippen LogP contribution in [0.15, 0.2) is 12.4 Å². The summed E-state index contributed by atoms with van der Waals surface area (Å²) in [5.41, 5.74) is 0.980. The van der Waals surface area contributed by atoms with Gasteiger partial charge in [0.15, 0.2) is 11.6 Å². The predicted molar refractivity (Wildman–Crippen MR) is 59.8 cm³/mol. The molecule has 0 saturated carbocycles. The zero-order valence-corrected chi connectivity index (χ0v) is 9.66. The van der Waals surface area contributed by atoms with Crippen LogP contribution in [-0.2, 0) is 0 Å². The number of Topliss-reactive ketones (excluding diaryl/α,β-unsaturated/α-hetero) is 1. The van der Waals surface area contributed by atoms with Crippen molar-refractivity contribution >= 4 is 5.78 Å². The van der Waals surface area contributed by atoms with E-state index in [4.69, 9.17) is 0 Å². The number of hydrogen-bond acceptors (Lipinski definition) is 3. The smallest absolute Gasteiger partial charge is 0.200 e. The molecule has 82 valence electrons. The number of carbonyl (C=O) groups is 1. The summed E-state index contributed by atoms with van der Waals surface area (Å²) < 4.78 is 0. The molecule has 1 atom stereocenters. The number of ketones is 1. The van der Waals surface area contributed by atoms with Gasteiger partial charge in [0.1, 0.15) is 0 Å². The van der Waals surface area contributed by atoms with Crippen molar-refractivity contribution in [2.75, 3.05) is 0 Å². The maximum absolute atomic E-state index is 11.7. The Labute approximate surface area is 91.0 Å². The molecule has 1 heterocycles. The van der Waals surface area contributed by atoms with Crippen LogP contribution in [0.4, 0.5) is 0 Å². The molecule has 0 fully saturated rings. The monoisotopic (exact) mass is 206 g/mol. The Bertz CT molecular complexity index is 319. The summed E-state index contributed by atoms with van der Waals surface area (Å²) >= 11 is 0. The van der Waals surface area contributed by atoms with Crippen LogP contribution in [0.25, 0.3) is 0 Å². The second kappa shape index (κ2) is 5.59. The topological polar surface area (TPSA) is 42.9 Å². The number of carbonyl (C=O) groups excluding carboxylic acids is 1. The number of hydrogen-bond donors (Lipinski definition) is 0. The maximum Gasteiger partial charge on any atom is 0.200 e. The van der Waals surface area contributed by atoms with Crippen molar-refractivity contribution in [3.8, 4) is 0 Å². The van der Waals surface area contributed by atoms with Crippen molar-refractivity contribution in [1.29, 1.82) is 0 Å². The highest BCUT2D eigenvalue weighted by Crippen LogP contribution is 2.12. The van der Waals surface area contributed by atoms with Crippen LogP contribution >= 0.6 is 0 Å². The number of aromatic nitrogens is 2. The highest BCUT2D eigenvalue weighted by Gasteiger charge is 2.12. The van der Waals surface area contributed by atoms with Gasteiger partial charge in [0, 0.05) is 18.8 Å². The quantitative estimate of drug-likeness (QED) is 0.696. The molecule has 0 aliphatic rings. The highest BCUT2D eigenvalue weighted by molar-refractivity contribution is 5.92. The number of aryl methyl sites for hydroxylation is 1. The molecule has 1 rings (SSSR count). The Morgan fingerprint density at radius 3 is 2.53 bits per heavy atom. The first-order chi connectivity index (χ1) is 7.13. The molecule has 0 spiro atoms. The average molecular weight is 206 g/mol. The molecule has 0 radical (unpaired) electrons. The third-order valence-corrected chi connectivity index (χ3v) is 2.35. The summed E-state index contributed by atoms with van der Waals surface area (Å²) in [6, 6.07) is 0. The summed E-state index contributed by atoms with van der Waals surface area (Å²) in [4.78, 5) is 19.8. The summed E-state index contributed by atoms with van der Waals surface area (Å²) in [5.74, 6) is 0.826. The number of nitrogens with zero attached hydrogens (tertiary/aromatic N) is 2. The molecule has 1 unspecified atom stereocenters. The molecular formula is C12H18N2O. The van der Waals surface area contributed by atoms with Gasteiger partial charge in [-0.2, -0.15) is 0 Å². The van der Waals surface area contributed by atoms with E-state index in [1.54, 1.807) is 12.4 Å². The molecule has 3 nitrogen and oxygen atoms in total. The van der Waals surface area contributed by atoms with Crippen LogP contribution in [0.5, 0.6) is 0 Å². The van der Waals surface area contributed by atoms with Gasteiger partial charge in [0.25, 0.3) is 0 Å². The molecule has 0 aromatic carbocycles. The first-order valence-electron chi connectivity index (χ1n) is 5.45. The number of rotatable bonds is 5. The van der Waals surface area contributed by atoms with E-state index < -0.39 is 0 Å². The van der Waals surface area contributed by atoms with E-state index in [9.17, 15) is 4.79 Å². The van der Waals surface area contributed by atoms with Gasteiger partial charge in [-0.15, -0.1) is 0 Å². The summed E-state index contributed by atoms with van der Waals surface area (Å²) in [5, 5.41) is 0. The van der Waals surface area contributed by atoms with Crippen LogP contribution in [0.3, 0.4) is 0 Å². The lowest BCUT2D eigenvalue weighted by molar-refractivity contribution is 0.0952. The van der Waals surface area contributed by atoms with Crippen LogP contribution < -0.4 is 0 Å². The SMILES string of the molecule is CCCC(C)CC(=O)c1ncc(C)cn1. The van der Waals surface area contributed by atoms with E-state index in [0.717, 1.165) is 18.4 Å². The van der Waals surface area contributed by atoms with Gasteiger partial charge < -0.3 is 0 Å². The van der Waals surface area contributed by atoms with E-state index in [1.807, 2.05) is 6.92 Å². The Morgan fingerprint density at radius 2 is 2.00 bits per heavy atom. The highest BCUT2D eigenvalue weighted by atomic mass is 16.1. The Balaban J connectivity index is 2.57. The Kier molecular flexibility index (Phi) is 4.40. The zero-order chi connectivity index (χ0) is 11.3. The predicted octanol–water partition coefficient (Wildman–Crippen LogP) is 2.79. The molecule has 0 amide bonds. The van der Waals surface area contributed by atoms with Gasteiger partial charge in [-0.05, 0) is 18.4 Å². The molecule has 3 heteroatoms. The molecular weight excluding hydrogens is 188 g/mol. The minimum absolute atomic E-state index is 0.0518. The van der Waals surface area contributed by atoms with Gasteiger partial charge in [-0.25, -0.2) is 9.97 Å². The fraction of sp³-hybridized carbons (Fsp3) is 0.583. The fourth-order valence-corrected chi connectivity index (χ4v) is 1.54. The van der Waals surface area contributed by atoms with Crippen molar-refractivity contribution in [2.24, 2.45) is 5.92 Å². The molecule has 1 aromatic heterocycles. The molecule has 1 aromatic rings. The third kappa shape index (κ3) is 3.78. The molecule has 0 aliphatic carbocycles.